The fourth-order valence-electron chi connectivity index (χ4n) is 4.96. The van der Waals surface area contributed by atoms with E-state index in [1.807, 2.05) is 17.0 Å². The molecular formula is C21H20ClFN8O. The summed E-state index contributed by atoms with van der Waals surface area (Å²) in [6.07, 6.45) is 4.42. The molecule has 6 rings (SSSR count). The summed E-state index contributed by atoms with van der Waals surface area (Å²) in [6, 6.07) is 3.16. The third-order valence-corrected chi connectivity index (χ3v) is 6.88. The van der Waals surface area contributed by atoms with Gasteiger partial charge in [0.05, 0.1) is 41.8 Å². The van der Waals surface area contributed by atoms with Crippen molar-refractivity contribution in [2.24, 2.45) is 5.73 Å². The van der Waals surface area contributed by atoms with Gasteiger partial charge in [0.25, 0.3) is 0 Å². The summed E-state index contributed by atoms with van der Waals surface area (Å²) in [6.45, 7) is 0. The molecule has 3 aromatic heterocycles. The number of nitrogens with one attached hydrogen (secondary N) is 1. The van der Waals surface area contributed by atoms with Crippen molar-refractivity contribution in [1.82, 2.24) is 30.1 Å². The zero-order chi connectivity index (χ0) is 22.0. The first kappa shape index (κ1) is 19.6. The Balaban J connectivity index is 1.42. The Morgan fingerprint density at radius 1 is 1.19 bits per heavy atom. The normalized spacial score (nSPS) is 25.1. The van der Waals surface area contributed by atoms with Crippen molar-refractivity contribution in [2.75, 3.05) is 12.0 Å². The van der Waals surface area contributed by atoms with E-state index < -0.39 is 12.2 Å². The van der Waals surface area contributed by atoms with Crippen molar-refractivity contribution in [2.45, 2.75) is 43.6 Å². The molecule has 2 aliphatic heterocycles. The minimum absolute atomic E-state index is 0.177. The van der Waals surface area contributed by atoms with Gasteiger partial charge in [-0.2, -0.15) is 5.10 Å². The van der Waals surface area contributed by atoms with Crippen LogP contribution in [0, 0.1) is 0 Å². The molecule has 3 N–H and O–H groups in total. The quantitative estimate of drug-likeness (QED) is 0.485. The Bertz CT molecular complexity index is 1350. The Hall–Kier alpha value is -3.11. The van der Waals surface area contributed by atoms with Crippen LogP contribution < -0.4 is 15.4 Å². The number of fused-ring (bicyclic) bond motifs is 4. The molecule has 2 aliphatic rings. The van der Waals surface area contributed by atoms with E-state index in [0.717, 1.165) is 12.8 Å². The average molecular weight is 455 g/mol. The summed E-state index contributed by atoms with van der Waals surface area (Å²) < 4.78 is 19.9. The highest BCUT2D eigenvalue weighted by atomic mass is 35.5. The Labute approximate surface area is 187 Å². The Morgan fingerprint density at radius 2 is 2.06 bits per heavy atom. The highest BCUT2D eigenvalue weighted by Gasteiger charge is 2.47. The molecule has 1 aromatic carbocycles. The van der Waals surface area contributed by atoms with E-state index in [2.05, 4.69) is 30.1 Å². The Kier molecular flexibility index (Phi) is 4.41. The predicted molar refractivity (Wildman–Crippen MR) is 119 cm³/mol. The minimum Gasteiger partial charge on any atom is -0.480 e. The number of H-pyrrole nitrogens is 1. The SMILES string of the molecule is COc1cnc2ccc(-c3[nH]nc4nc(N5[C@H]6CC[C@@H]5[C@@H](F)[C@@H](N)C6)cnc34)c(Cl)c2n1. The molecule has 11 heteroatoms. The summed E-state index contributed by atoms with van der Waals surface area (Å²) in [5.41, 5.74) is 9.47. The second kappa shape index (κ2) is 7.21. The number of benzene rings is 1. The van der Waals surface area contributed by atoms with Gasteiger partial charge in [-0.1, -0.05) is 11.6 Å². The first-order valence-corrected chi connectivity index (χ1v) is 10.8. The van der Waals surface area contributed by atoms with E-state index in [4.69, 9.17) is 22.1 Å². The predicted octanol–water partition coefficient (Wildman–Crippen LogP) is 3.03. The molecule has 0 spiro atoms. The van der Waals surface area contributed by atoms with E-state index in [-0.39, 0.29) is 12.1 Å². The molecule has 0 saturated carbocycles. The average Bonchev–Trinajstić information content (AvgIpc) is 3.38. The van der Waals surface area contributed by atoms with Crippen molar-refractivity contribution in [3.8, 4) is 17.1 Å². The number of aromatic nitrogens is 6. The number of methoxy groups -OCH3 is 1. The molecule has 2 saturated heterocycles. The summed E-state index contributed by atoms with van der Waals surface area (Å²) >= 11 is 6.68. The number of ether oxygens (including phenoxy) is 1. The number of alkyl halides is 1. The van der Waals surface area contributed by atoms with E-state index in [9.17, 15) is 4.39 Å². The minimum atomic E-state index is -1.07. The smallest absolute Gasteiger partial charge is 0.232 e. The van der Waals surface area contributed by atoms with Gasteiger partial charge in [-0.3, -0.25) is 5.10 Å². The number of anilines is 1. The number of nitrogens with two attached hydrogens (primary N) is 1. The van der Waals surface area contributed by atoms with Gasteiger partial charge < -0.3 is 15.4 Å². The van der Waals surface area contributed by atoms with Crippen molar-refractivity contribution in [3.05, 3.63) is 29.5 Å². The first-order valence-electron chi connectivity index (χ1n) is 10.4. The summed E-state index contributed by atoms with van der Waals surface area (Å²) in [7, 11) is 1.52. The highest BCUT2D eigenvalue weighted by Crippen LogP contribution is 2.40. The van der Waals surface area contributed by atoms with Crippen LogP contribution in [0.5, 0.6) is 5.88 Å². The van der Waals surface area contributed by atoms with Gasteiger partial charge in [0, 0.05) is 17.6 Å². The van der Waals surface area contributed by atoms with Gasteiger partial charge in [-0.25, -0.2) is 24.3 Å². The molecule has 4 atom stereocenters. The highest BCUT2D eigenvalue weighted by molar-refractivity contribution is 6.38. The molecule has 0 unspecified atom stereocenters. The molecular weight excluding hydrogens is 435 g/mol. The fourth-order valence-corrected chi connectivity index (χ4v) is 5.26. The van der Waals surface area contributed by atoms with Crippen LogP contribution in [0.15, 0.2) is 24.5 Å². The van der Waals surface area contributed by atoms with Gasteiger partial charge in [-0.15, -0.1) is 0 Å². The molecule has 164 valence electrons. The number of halogens is 2. The summed E-state index contributed by atoms with van der Waals surface area (Å²) in [4.78, 5) is 20.1. The van der Waals surface area contributed by atoms with Gasteiger partial charge in [0.1, 0.15) is 23.0 Å². The summed E-state index contributed by atoms with van der Waals surface area (Å²) in [5, 5.41) is 7.75. The molecule has 32 heavy (non-hydrogen) atoms. The number of hydrogen-bond donors (Lipinski definition) is 2. The van der Waals surface area contributed by atoms with E-state index in [1.165, 1.54) is 7.11 Å². The molecule has 2 fully saturated rings. The zero-order valence-corrected chi connectivity index (χ0v) is 17.9. The van der Waals surface area contributed by atoms with E-state index in [1.54, 1.807) is 12.4 Å². The van der Waals surface area contributed by atoms with Gasteiger partial charge in [0.15, 0.2) is 0 Å². The standard InChI is InChI=1S/C21H20ClFN8O/c1-32-15-8-25-12-4-3-10(16(22)19(12)28-15)18-20-21(30-29-18)27-14(7-26-20)31-9-2-5-13(31)17(23)11(24)6-9/h3-4,7-9,11,13,17H,2,5-6,24H2,1H3,(H,27,29,30)/t9-,11-,13+,17-/m0/s1. The lowest BCUT2D eigenvalue weighted by molar-refractivity contribution is 0.203. The van der Waals surface area contributed by atoms with Gasteiger partial charge in [0.2, 0.25) is 11.5 Å². The molecule has 9 nitrogen and oxygen atoms in total. The monoisotopic (exact) mass is 454 g/mol. The topological polar surface area (TPSA) is 119 Å². The first-order chi connectivity index (χ1) is 15.5. The summed E-state index contributed by atoms with van der Waals surface area (Å²) in [5.74, 6) is 0.996. The number of piperidine rings is 1. The van der Waals surface area contributed by atoms with Crippen molar-refractivity contribution in [3.63, 3.8) is 0 Å². The largest absolute Gasteiger partial charge is 0.480 e. The second-order valence-corrected chi connectivity index (χ2v) is 8.63. The van der Waals surface area contributed by atoms with Crippen LogP contribution in [0.3, 0.4) is 0 Å². The van der Waals surface area contributed by atoms with Crippen molar-refractivity contribution in [1.29, 1.82) is 0 Å². The lowest BCUT2D eigenvalue weighted by atomic mass is 9.96. The maximum atomic E-state index is 14.7. The molecule has 0 amide bonds. The van der Waals surface area contributed by atoms with Crippen molar-refractivity contribution < 1.29 is 9.13 Å². The van der Waals surface area contributed by atoms with Crippen LogP contribution in [0.4, 0.5) is 10.2 Å². The molecule has 4 aromatic rings. The van der Waals surface area contributed by atoms with Gasteiger partial charge in [-0.05, 0) is 31.4 Å². The number of hydrogen-bond acceptors (Lipinski definition) is 8. The number of nitrogens with zero attached hydrogens (tertiary/aromatic N) is 6. The Morgan fingerprint density at radius 3 is 2.91 bits per heavy atom. The lowest BCUT2D eigenvalue weighted by Gasteiger charge is -2.40. The molecule has 0 radical (unpaired) electrons. The van der Waals surface area contributed by atoms with Crippen LogP contribution >= 0.6 is 11.6 Å². The van der Waals surface area contributed by atoms with Gasteiger partial charge >= 0.3 is 0 Å². The van der Waals surface area contributed by atoms with Crippen LogP contribution in [0.2, 0.25) is 5.02 Å². The van der Waals surface area contributed by atoms with Crippen LogP contribution in [0.1, 0.15) is 19.3 Å². The van der Waals surface area contributed by atoms with E-state index in [0.29, 0.717) is 56.6 Å². The fraction of sp³-hybridized carbons (Fsp3) is 0.381. The number of aromatic amines is 1. The van der Waals surface area contributed by atoms with Crippen molar-refractivity contribution >= 4 is 39.6 Å². The maximum Gasteiger partial charge on any atom is 0.232 e. The van der Waals surface area contributed by atoms with Crippen LogP contribution in [-0.2, 0) is 0 Å². The second-order valence-electron chi connectivity index (χ2n) is 8.26. The number of rotatable bonds is 3. The lowest BCUT2D eigenvalue weighted by Crippen LogP contribution is -2.55. The van der Waals surface area contributed by atoms with E-state index >= 15 is 0 Å². The molecule has 2 bridgehead atoms. The molecule has 0 aliphatic carbocycles. The van der Waals surface area contributed by atoms with Crippen LogP contribution in [-0.4, -0.2) is 61.5 Å². The van der Waals surface area contributed by atoms with Crippen LogP contribution in [0.25, 0.3) is 33.5 Å². The maximum absolute atomic E-state index is 14.7. The zero-order valence-electron chi connectivity index (χ0n) is 17.2. The third-order valence-electron chi connectivity index (χ3n) is 6.49. The molecule has 5 heterocycles. The third kappa shape index (κ3) is 2.82.